The van der Waals surface area contributed by atoms with Crippen LogP contribution in [0.4, 0.5) is 9.59 Å². The van der Waals surface area contributed by atoms with Crippen molar-refractivity contribution in [1.82, 2.24) is 20.4 Å². The van der Waals surface area contributed by atoms with Gasteiger partial charge in [-0.3, -0.25) is 0 Å². The van der Waals surface area contributed by atoms with E-state index in [0.29, 0.717) is 0 Å². The number of carbonyl (C=O) groups excluding carboxylic acids is 2. The van der Waals surface area contributed by atoms with Gasteiger partial charge in [0.1, 0.15) is 0 Å². The molecule has 2 fully saturated rings. The van der Waals surface area contributed by atoms with Gasteiger partial charge < -0.3 is 20.4 Å². The molecule has 2 aliphatic rings. The van der Waals surface area contributed by atoms with Crippen LogP contribution < -0.4 is 10.6 Å². The van der Waals surface area contributed by atoms with Crippen molar-refractivity contribution in [1.29, 1.82) is 0 Å². The summed E-state index contributed by atoms with van der Waals surface area (Å²) < 4.78 is 0. The Morgan fingerprint density at radius 3 is 1.76 bits per heavy atom. The number of hydrogen-bond acceptors (Lipinski definition) is 2. The van der Waals surface area contributed by atoms with Gasteiger partial charge in [-0.1, -0.05) is 0 Å². The topological polar surface area (TPSA) is 64.7 Å². The predicted octanol–water partition coefficient (Wildman–Crippen LogP) is 0.207. The lowest BCUT2D eigenvalue weighted by atomic mass is 10.2. The Morgan fingerprint density at radius 2 is 1.35 bits per heavy atom. The first-order valence-electron chi connectivity index (χ1n) is 6.33. The van der Waals surface area contributed by atoms with E-state index in [1.165, 1.54) is 0 Å². The third-order valence-electron chi connectivity index (χ3n) is 3.19. The van der Waals surface area contributed by atoms with Gasteiger partial charge in [-0.05, 0) is 19.3 Å². The number of hydrogen-bond donors (Lipinski definition) is 2. The van der Waals surface area contributed by atoms with E-state index in [4.69, 9.17) is 0 Å². The molecular weight excluding hydrogens is 220 g/mol. The van der Waals surface area contributed by atoms with Crippen molar-refractivity contribution in [3.63, 3.8) is 0 Å². The normalized spacial score (nSPS) is 21.2. The van der Waals surface area contributed by atoms with Gasteiger partial charge in [0.15, 0.2) is 0 Å². The first-order chi connectivity index (χ1) is 8.27. The van der Waals surface area contributed by atoms with Crippen LogP contribution in [-0.4, -0.2) is 61.1 Å². The van der Waals surface area contributed by atoms with Gasteiger partial charge in [0.2, 0.25) is 0 Å². The predicted molar refractivity (Wildman–Crippen MR) is 63.8 cm³/mol. The molecule has 0 aliphatic carbocycles. The first kappa shape index (κ1) is 12.0. The number of nitrogens with zero attached hydrogens (tertiary/aromatic N) is 2. The highest BCUT2D eigenvalue weighted by atomic mass is 16.2. The van der Waals surface area contributed by atoms with Gasteiger partial charge in [-0.15, -0.1) is 0 Å². The van der Waals surface area contributed by atoms with Crippen molar-refractivity contribution in [2.75, 3.05) is 39.3 Å². The summed E-state index contributed by atoms with van der Waals surface area (Å²) in [5.41, 5.74) is 0. The summed E-state index contributed by atoms with van der Waals surface area (Å²) in [5, 5.41) is 5.65. The van der Waals surface area contributed by atoms with Crippen molar-refractivity contribution in [2.24, 2.45) is 0 Å². The molecule has 0 spiro atoms. The zero-order valence-corrected chi connectivity index (χ0v) is 10.1. The molecule has 0 radical (unpaired) electrons. The molecule has 0 aromatic carbocycles. The average molecular weight is 240 g/mol. The highest BCUT2D eigenvalue weighted by Gasteiger charge is 2.19. The second-order valence-corrected chi connectivity index (χ2v) is 4.50. The summed E-state index contributed by atoms with van der Waals surface area (Å²) in [6.07, 6.45) is 2.87. The molecule has 0 aromatic heterocycles. The summed E-state index contributed by atoms with van der Waals surface area (Å²) in [7, 11) is 0. The van der Waals surface area contributed by atoms with E-state index in [9.17, 15) is 9.59 Å². The number of carbonyl (C=O) groups is 2. The Labute approximate surface area is 101 Å². The molecule has 0 bridgehead atoms. The van der Waals surface area contributed by atoms with Crippen LogP contribution in [0.1, 0.15) is 19.3 Å². The Hall–Kier alpha value is -1.46. The third-order valence-corrected chi connectivity index (χ3v) is 3.19. The maximum Gasteiger partial charge on any atom is 0.317 e. The highest BCUT2D eigenvalue weighted by molar-refractivity contribution is 5.75. The van der Waals surface area contributed by atoms with Gasteiger partial charge in [0.25, 0.3) is 0 Å². The Morgan fingerprint density at radius 1 is 0.882 bits per heavy atom. The van der Waals surface area contributed by atoms with Crippen molar-refractivity contribution in [2.45, 2.75) is 19.3 Å². The van der Waals surface area contributed by atoms with Gasteiger partial charge in [0, 0.05) is 39.3 Å². The fourth-order valence-electron chi connectivity index (χ4n) is 2.24. The first-order valence-corrected chi connectivity index (χ1v) is 6.33. The Balaban J connectivity index is 1.67. The maximum atomic E-state index is 11.5. The van der Waals surface area contributed by atoms with Gasteiger partial charge in [-0.2, -0.15) is 0 Å². The van der Waals surface area contributed by atoms with E-state index in [1.54, 1.807) is 0 Å². The summed E-state index contributed by atoms with van der Waals surface area (Å²) >= 11 is 0. The molecule has 6 nitrogen and oxygen atoms in total. The van der Waals surface area contributed by atoms with E-state index in [0.717, 1.165) is 58.5 Å². The molecule has 0 atom stereocenters. The lowest BCUT2D eigenvalue weighted by Crippen LogP contribution is -2.49. The molecule has 2 N–H and O–H groups in total. The minimum absolute atomic E-state index is 0.0272. The van der Waals surface area contributed by atoms with E-state index in [2.05, 4.69) is 10.6 Å². The molecule has 2 rings (SSSR count). The summed E-state index contributed by atoms with van der Waals surface area (Å²) in [6.45, 7) is 4.69. The van der Waals surface area contributed by atoms with Crippen LogP contribution >= 0.6 is 0 Å². The van der Waals surface area contributed by atoms with E-state index >= 15 is 0 Å². The molecular formula is C11H20N4O2. The molecule has 0 aromatic rings. The highest BCUT2D eigenvalue weighted by Crippen LogP contribution is 2.04. The molecule has 6 heteroatoms. The summed E-state index contributed by atoms with van der Waals surface area (Å²) in [4.78, 5) is 26.6. The van der Waals surface area contributed by atoms with Gasteiger partial charge in [0.05, 0.1) is 0 Å². The fourth-order valence-corrected chi connectivity index (χ4v) is 2.24. The second kappa shape index (κ2) is 5.75. The number of nitrogens with one attached hydrogen (secondary N) is 2. The minimum atomic E-state index is 0.0272. The van der Waals surface area contributed by atoms with Crippen molar-refractivity contribution in [3.05, 3.63) is 0 Å². The quantitative estimate of drug-likeness (QED) is 0.737. The Bertz CT molecular complexity index is 267. The van der Waals surface area contributed by atoms with E-state index < -0.39 is 0 Å². The van der Waals surface area contributed by atoms with Crippen molar-refractivity contribution >= 4 is 12.1 Å². The molecule has 96 valence electrons. The Kier molecular flexibility index (Phi) is 4.06. The molecule has 17 heavy (non-hydrogen) atoms. The van der Waals surface area contributed by atoms with E-state index in [1.807, 2.05) is 9.80 Å². The molecule has 0 unspecified atom stereocenters. The van der Waals surface area contributed by atoms with Crippen LogP contribution in [0.2, 0.25) is 0 Å². The van der Waals surface area contributed by atoms with Crippen LogP contribution in [0.25, 0.3) is 0 Å². The van der Waals surface area contributed by atoms with Crippen LogP contribution in [0, 0.1) is 0 Å². The number of urea groups is 2. The molecule has 2 aliphatic heterocycles. The maximum absolute atomic E-state index is 11.5. The zero-order valence-electron chi connectivity index (χ0n) is 10.1. The minimum Gasteiger partial charge on any atom is -0.338 e. The van der Waals surface area contributed by atoms with E-state index in [-0.39, 0.29) is 12.1 Å². The monoisotopic (exact) mass is 240 g/mol. The third kappa shape index (κ3) is 3.25. The molecule has 2 heterocycles. The smallest absolute Gasteiger partial charge is 0.317 e. The van der Waals surface area contributed by atoms with Gasteiger partial charge >= 0.3 is 12.1 Å². The summed E-state index contributed by atoms with van der Waals surface area (Å²) in [5.74, 6) is 0. The van der Waals surface area contributed by atoms with Crippen LogP contribution in [0.5, 0.6) is 0 Å². The largest absolute Gasteiger partial charge is 0.338 e. The van der Waals surface area contributed by atoms with Crippen LogP contribution in [0.3, 0.4) is 0 Å². The number of amides is 4. The average Bonchev–Trinajstić information content (AvgIpc) is 2.34. The lowest BCUT2D eigenvalue weighted by molar-refractivity contribution is 0.172. The second-order valence-electron chi connectivity index (χ2n) is 4.50. The van der Waals surface area contributed by atoms with Crippen molar-refractivity contribution < 1.29 is 9.59 Å². The standard InChI is InChI=1S/C11H20N4O2/c16-10-12-4-1-6-14(10)8-3-9-15-7-2-5-13-11(15)17/h1-9H2,(H,12,16)(H,13,17). The summed E-state index contributed by atoms with van der Waals surface area (Å²) in [6, 6.07) is 0.0543. The molecule has 0 saturated carbocycles. The molecule has 2 saturated heterocycles. The fraction of sp³-hybridized carbons (Fsp3) is 0.818. The zero-order chi connectivity index (χ0) is 12.1. The lowest BCUT2D eigenvalue weighted by Gasteiger charge is -2.30. The SMILES string of the molecule is O=C1NCCCN1CCCN1CCCNC1=O. The van der Waals surface area contributed by atoms with Crippen LogP contribution in [0.15, 0.2) is 0 Å². The van der Waals surface area contributed by atoms with Crippen molar-refractivity contribution in [3.8, 4) is 0 Å². The molecule has 4 amide bonds. The van der Waals surface area contributed by atoms with Gasteiger partial charge in [-0.25, -0.2) is 9.59 Å². The number of rotatable bonds is 4. The van der Waals surface area contributed by atoms with Crippen LogP contribution in [-0.2, 0) is 0 Å².